The Labute approximate surface area is 174 Å². The first-order valence-electron chi connectivity index (χ1n) is 10.6. The third kappa shape index (κ3) is 3.19. The monoisotopic (exact) mass is 376 g/mol. The van der Waals surface area contributed by atoms with Crippen molar-refractivity contribution in [1.29, 1.82) is 0 Å². The zero-order valence-corrected chi connectivity index (χ0v) is 17.5. The van der Waals surface area contributed by atoms with E-state index in [2.05, 4.69) is 87.7 Å². The standard InChI is InChI=1S/C29H28/c1-5-13-21-19-23-15-10-12-17-27(23)29(25(21)8-4)28-24(7-3)20(6-2)18-22-14-9-11-16-26(22)28/h7-12,14-19H,3-6,13H2,1-2H3. The molecule has 0 aromatic heterocycles. The lowest BCUT2D eigenvalue weighted by Gasteiger charge is -2.21. The van der Waals surface area contributed by atoms with Gasteiger partial charge in [0.1, 0.15) is 0 Å². The molecule has 0 spiro atoms. The van der Waals surface area contributed by atoms with Crippen molar-refractivity contribution < 1.29 is 0 Å². The SMILES string of the molecule is C=Cc1c(CC)cc2ccccc2c1-c1c(C=C)c(CCC)cc2ccccc12. The van der Waals surface area contributed by atoms with Crippen LogP contribution in [0.25, 0.3) is 44.8 Å². The molecule has 0 fully saturated rings. The van der Waals surface area contributed by atoms with Crippen LogP contribution in [0.15, 0.2) is 73.8 Å². The maximum atomic E-state index is 4.22. The van der Waals surface area contributed by atoms with E-state index in [1.165, 1.54) is 54.9 Å². The first-order valence-corrected chi connectivity index (χ1v) is 10.6. The van der Waals surface area contributed by atoms with Crippen LogP contribution in [0.4, 0.5) is 0 Å². The lowest BCUT2D eigenvalue weighted by Crippen LogP contribution is -1.99. The first-order chi connectivity index (χ1) is 14.2. The second-order valence-electron chi connectivity index (χ2n) is 7.60. The number of hydrogen-bond acceptors (Lipinski definition) is 0. The van der Waals surface area contributed by atoms with Crippen molar-refractivity contribution in [2.45, 2.75) is 33.1 Å². The van der Waals surface area contributed by atoms with Crippen LogP contribution in [0.2, 0.25) is 0 Å². The fraction of sp³-hybridized carbons (Fsp3) is 0.172. The van der Waals surface area contributed by atoms with Gasteiger partial charge in [-0.25, -0.2) is 0 Å². The van der Waals surface area contributed by atoms with Crippen molar-refractivity contribution in [3.8, 4) is 11.1 Å². The molecule has 0 saturated heterocycles. The second kappa shape index (κ2) is 8.09. The Morgan fingerprint density at radius 1 is 0.690 bits per heavy atom. The highest BCUT2D eigenvalue weighted by molar-refractivity contribution is 6.11. The zero-order valence-electron chi connectivity index (χ0n) is 17.5. The Morgan fingerprint density at radius 3 is 1.66 bits per heavy atom. The van der Waals surface area contributed by atoms with Crippen molar-refractivity contribution in [2.24, 2.45) is 0 Å². The molecular weight excluding hydrogens is 348 g/mol. The minimum atomic E-state index is 0.981. The van der Waals surface area contributed by atoms with Gasteiger partial charge < -0.3 is 0 Å². The summed E-state index contributed by atoms with van der Waals surface area (Å²) in [4.78, 5) is 0. The van der Waals surface area contributed by atoms with E-state index in [9.17, 15) is 0 Å². The molecular formula is C29H28. The zero-order chi connectivity index (χ0) is 20.4. The van der Waals surface area contributed by atoms with Crippen LogP contribution in [0.1, 0.15) is 42.5 Å². The largest absolute Gasteiger partial charge is 0.0984 e. The second-order valence-corrected chi connectivity index (χ2v) is 7.60. The predicted octanol–water partition coefficient (Wildman–Crippen LogP) is 8.46. The molecule has 0 atom stereocenters. The van der Waals surface area contributed by atoms with Gasteiger partial charge in [-0.2, -0.15) is 0 Å². The summed E-state index contributed by atoms with van der Waals surface area (Å²) in [5.41, 5.74) is 7.80. The molecule has 0 aliphatic rings. The van der Waals surface area contributed by atoms with E-state index in [0.717, 1.165) is 19.3 Å². The average molecular weight is 377 g/mol. The van der Waals surface area contributed by atoms with Gasteiger partial charge >= 0.3 is 0 Å². The minimum Gasteiger partial charge on any atom is -0.0984 e. The normalized spacial score (nSPS) is 11.1. The van der Waals surface area contributed by atoms with Crippen LogP contribution < -0.4 is 0 Å². The molecule has 0 heterocycles. The summed E-state index contributed by atoms with van der Waals surface area (Å²) in [7, 11) is 0. The van der Waals surface area contributed by atoms with Crippen molar-refractivity contribution in [2.75, 3.05) is 0 Å². The summed E-state index contributed by atoms with van der Waals surface area (Å²) in [6, 6.07) is 22.1. The van der Waals surface area contributed by atoms with Gasteiger partial charge in [0.2, 0.25) is 0 Å². The van der Waals surface area contributed by atoms with Gasteiger partial charge in [-0.15, -0.1) is 0 Å². The molecule has 0 unspecified atom stereocenters. The van der Waals surface area contributed by atoms with Gasteiger partial charge in [0.15, 0.2) is 0 Å². The molecule has 0 N–H and O–H groups in total. The Morgan fingerprint density at radius 2 is 1.17 bits per heavy atom. The quantitative estimate of drug-likeness (QED) is 0.316. The maximum absolute atomic E-state index is 4.22. The molecule has 4 aromatic rings. The highest BCUT2D eigenvalue weighted by atomic mass is 14.2. The summed E-state index contributed by atoms with van der Waals surface area (Å²) in [5.74, 6) is 0. The van der Waals surface area contributed by atoms with Gasteiger partial charge in [0, 0.05) is 0 Å². The molecule has 4 rings (SSSR count). The van der Waals surface area contributed by atoms with Crippen LogP contribution in [-0.4, -0.2) is 0 Å². The summed E-state index contributed by atoms with van der Waals surface area (Å²) < 4.78 is 0. The molecule has 0 aliphatic heterocycles. The van der Waals surface area contributed by atoms with Crippen molar-refractivity contribution in [3.63, 3.8) is 0 Å². The van der Waals surface area contributed by atoms with Gasteiger partial charge in [0.25, 0.3) is 0 Å². The van der Waals surface area contributed by atoms with E-state index in [1.54, 1.807) is 0 Å². The molecule has 29 heavy (non-hydrogen) atoms. The summed E-state index contributed by atoms with van der Waals surface area (Å²) >= 11 is 0. The van der Waals surface area contributed by atoms with Gasteiger partial charge in [-0.1, -0.05) is 106 Å². The molecule has 0 amide bonds. The van der Waals surface area contributed by atoms with Crippen LogP contribution >= 0.6 is 0 Å². The van der Waals surface area contributed by atoms with Crippen LogP contribution in [-0.2, 0) is 12.8 Å². The van der Waals surface area contributed by atoms with E-state index in [0.29, 0.717) is 0 Å². The predicted molar refractivity (Wildman–Crippen MR) is 130 cm³/mol. The molecule has 0 aliphatic carbocycles. The van der Waals surface area contributed by atoms with Gasteiger partial charge in [-0.3, -0.25) is 0 Å². The molecule has 0 radical (unpaired) electrons. The van der Waals surface area contributed by atoms with Crippen molar-refractivity contribution >= 4 is 33.7 Å². The molecule has 0 bridgehead atoms. The first kappa shape index (κ1) is 19.2. The van der Waals surface area contributed by atoms with E-state index < -0.39 is 0 Å². The summed E-state index contributed by atoms with van der Waals surface area (Å²) in [5, 5.41) is 5.13. The third-order valence-electron chi connectivity index (χ3n) is 5.91. The molecule has 0 heteroatoms. The summed E-state index contributed by atoms with van der Waals surface area (Å²) in [6.45, 7) is 12.9. The molecule has 0 saturated carbocycles. The van der Waals surface area contributed by atoms with Gasteiger partial charge in [-0.05, 0) is 67.8 Å². The minimum absolute atomic E-state index is 0.981. The van der Waals surface area contributed by atoms with E-state index in [1.807, 2.05) is 12.2 Å². The van der Waals surface area contributed by atoms with Gasteiger partial charge in [0.05, 0.1) is 0 Å². The summed E-state index contributed by atoms with van der Waals surface area (Å²) in [6.07, 6.45) is 7.23. The molecule has 0 nitrogen and oxygen atoms in total. The van der Waals surface area contributed by atoms with Crippen LogP contribution in [0.5, 0.6) is 0 Å². The van der Waals surface area contributed by atoms with Crippen LogP contribution in [0.3, 0.4) is 0 Å². The smallest absolute Gasteiger partial charge is 0.00179 e. The van der Waals surface area contributed by atoms with E-state index in [4.69, 9.17) is 0 Å². The van der Waals surface area contributed by atoms with E-state index >= 15 is 0 Å². The Balaban J connectivity index is 2.27. The topological polar surface area (TPSA) is 0 Å². The molecule has 4 aromatic carbocycles. The highest BCUT2D eigenvalue weighted by Crippen LogP contribution is 2.43. The average Bonchev–Trinajstić information content (AvgIpc) is 2.77. The fourth-order valence-corrected chi connectivity index (χ4v) is 4.62. The Hall–Kier alpha value is -3.12. The third-order valence-corrected chi connectivity index (χ3v) is 5.91. The van der Waals surface area contributed by atoms with Crippen LogP contribution in [0, 0.1) is 0 Å². The highest BCUT2D eigenvalue weighted by Gasteiger charge is 2.19. The van der Waals surface area contributed by atoms with Crippen molar-refractivity contribution in [1.82, 2.24) is 0 Å². The lowest BCUT2D eigenvalue weighted by molar-refractivity contribution is 0.922. The maximum Gasteiger partial charge on any atom is -0.00179 e. The fourth-order valence-electron chi connectivity index (χ4n) is 4.62. The molecule has 144 valence electrons. The number of hydrogen-bond donors (Lipinski definition) is 0. The number of aryl methyl sites for hydroxylation is 2. The van der Waals surface area contributed by atoms with E-state index in [-0.39, 0.29) is 0 Å². The Bertz CT molecular complexity index is 1220. The van der Waals surface area contributed by atoms with Crippen molar-refractivity contribution in [3.05, 3.63) is 96.1 Å². The number of fused-ring (bicyclic) bond motifs is 2. The number of rotatable bonds is 6. The lowest BCUT2D eigenvalue weighted by atomic mass is 9.82. The number of benzene rings is 4. The Kier molecular flexibility index (Phi) is 5.36.